The third kappa shape index (κ3) is 1.76. The summed E-state index contributed by atoms with van der Waals surface area (Å²) in [5.41, 5.74) is 0.828. The molecule has 0 aliphatic carbocycles. The first-order valence-electron chi connectivity index (χ1n) is 4.98. The van der Waals surface area contributed by atoms with Crippen molar-refractivity contribution in [3.8, 4) is 5.75 Å². The van der Waals surface area contributed by atoms with Gasteiger partial charge >= 0.3 is 5.69 Å². The Labute approximate surface area is 105 Å². The van der Waals surface area contributed by atoms with Crippen LogP contribution in [0.15, 0.2) is 16.7 Å². The molecule has 0 aromatic carbocycles. The number of hydrogen-bond acceptors (Lipinski definition) is 4. The van der Waals surface area contributed by atoms with E-state index in [-0.39, 0.29) is 5.69 Å². The highest BCUT2D eigenvalue weighted by Crippen LogP contribution is 2.34. The first-order valence-corrected chi connectivity index (χ1v) is 5.78. The minimum absolute atomic E-state index is 0.00523. The second kappa shape index (κ2) is 4.33. The third-order valence-corrected chi connectivity index (χ3v) is 3.08. The number of pyridine rings is 1. The zero-order valence-corrected chi connectivity index (χ0v) is 10.9. The summed E-state index contributed by atoms with van der Waals surface area (Å²) >= 11 is 3.31. The van der Waals surface area contributed by atoms with Gasteiger partial charge in [0.25, 0.3) is 0 Å². The van der Waals surface area contributed by atoms with Crippen LogP contribution < -0.4 is 4.74 Å². The zero-order valence-electron chi connectivity index (χ0n) is 9.31. The number of fused-ring (bicyclic) bond motifs is 1. The van der Waals surface area contributed by atoms with Crippen molar-refractivity contribution in [2.45, 2.75) is 13.3 Å². The molecule has 0 bridgehead atoms. The van der Waals surface area contributed by atoms with Crippen molar-refractivity contribution in [2.24, 2.45) is 0 Å². The summed E-state index contributed by atoms with van der Waals surface area (Å²) in [5, 5.41) is 15.3. The first kappa shape index (κ1) is 11.8. The van der Waals surface area contributed by atoms with E-state index in [0.717, 1.165) is 0 Å². The lowest BCUT2D eigenvalue weighted by Crippen LogP contribution is -1.95. The average Bonchev–Trinajstić information content (AvgIpc) is 2.70. The van der Waals surface area contributed by atoms with Gasteiger partial charge in [-0.25, -0.2) is 4.52 Å². The Morgan fingerprint density at radius 1 is 1.59 bits per heavy atom. The number of methoxy groups -OCH3 is 1. The van der Waals surface area contributed by atoms with Gasteiger partial charge in [0, 0.05) is 0 Å². The monoisotopic (exact) mass is 299 g/mol. The van der Waals surface area contributed by atoms with Crippen molar-refractivity contribution >= 4 is 27.1 Å². The molecule has 0 aliphatic rings. The molecule has 0 unspecified atom stereocenters. The molecule has 0 radical (unpaired) electrons. The summed E-state index contributed by atoms with van der Waals surface area (Å²) in [4.78, 5) is 10.7. The largest absolute Gasteiger partial charge is 0.494 e. The molecule has 0 atom stereocenters. The molecule has 2 aromatic rings. The highest BCUT2D eigenvalue weighted by atomic mass is 79.9. The molecule has 2 heterocycles. The van der Waals surface area contributed by atoms with E-state index in [0.29, 0.717) is 28.0 Å². The Hall–Kier alpha value is -1.63. The van der Waals surface area contributed by atoms with E-state index in [1.54, 1.807) is 12.1 Å². The molecule has 0 fully saturated rings. The van der Waals surface area contributed by atoms with E-state index >= 15 is 0 Å². The van der Waals surface area contributed by atoms with E-state index in [1.807, 2.05) is 6.92 Å². The lowest BCUT2D eigenvalue weighted by atomic mass is 10.2. The Morgan fingerprint density at radius 3 is 2.82 bits per heavy atom. The Balaban J connectivity index is 2.92. The fourth-order valence-electron chi connectivity index (χ4n) is 1.72. The molecule has 0 saturated carbocycles. The normalized spacial score (nSPS) is 10.8. The van der Waals surface area contributed by atoms with Crippen LogP contribution in [0.3, 0.4) is 0 Å². The van der Waals surface area contributed by atoms with Gasteiger partial charge in [0.1, 0.15) is 10.3 Å². The Kier molecular flexibility index (Phi) is 3.01. The molecule has 2 aromatic heterocycles. The Morgan fingerprint density at radius 2 is 2.29 bits per heavy atom. The summed E-state index contributed by atoms with van der Waals surface area (Å²) in [6, 6.07) is 3.41. The van der Waals surface area contributed by atoms with Crippen LogP contribution in [-0.4, -0.2) is 21.6 Å². The number of aryl methyl sites for hydroxylation is 1. The van der Waals surface area contributed by atoms with Gasteiger partial charge in [-0.3, -0.25) is 10.1 Å². The lowest BCUT2D eigenvalue weighted by Gasteiger charge is -2.02. The molecule has 90 valence electrons. The number of nitro groups is 1. The van der Waals surface area contributed by atoms with Gasteiger partial charge in [-0.1, -0.05) is 6.92 Å². The maximum absolute atomic E-state index is 11.1. The molecule has 0 N–H and O–H groups in total. The second-order valence-corrected chi connectivity index (χ2v) is 4.20. The third-order valence-electron chi connectivity index (χ3n) is 2.48. The standard InChI is InChI=1S/C10H10BrN3O3/c1-3-6-9(14(15)16)10-7(17-2)4-5-8(11)13(10)12-6/h4-5H,3H2,1-2H3. The predicted molar refractivity (Wildman–Crippen MR) is 65.5 cm³/mol. The number of nitrogens with zero attached hydrogens (tertiary/aromatic N) is 3. The van der Waals surface area contributed by atoms with Crippen molar-refractivity contribution in [3.63, 3.8) is 0 Å². The average molecular weight is 300 g/mol. The maximum Gasteiger partial charge on any atom is 0.321 e. The molecule has 0 aliphatic heterocycles. The highest BCUT2D eigenvalue weighted by molar-refractivity contribution is 9.10. The summed E-state index contributed by atoms with van der Waals surface area (Å²) in [7, 11) is 1.48. The second-order valence-electron chi connectivity index (χ2n) is 3.39. The van der Waals surface area contributed by atoms with E-state index in [9.17, 15) is 10.1 Å². The summed E-state index contributed by atoms with van der Waals surface area (Å²) in [6.07, 6.45) is 0.494. The van der Waals surface area contributed by atoms with E-state index in [4.69, 9.17) is 4.74 Å². The van der Waals surface area contributed by atoms with Crippen LogP contribution in [0, 0.1) is 10.1 Å². The summed E-state index contributed by atoms with van der Waals surface area (Å²) < 4.78 is 7.28. The van der Waals surface area contributed by atoms with Crippen molar-refractivity contribution in [1.29, 1.82) is 0 Å². The van der Waals surface area contributed by atoms with Gasteiger partial charge in [-0.15, -0.1) is 0 Å². The molecule has 7 heteroatoms. The van der Waals surface area contributed by atoms with Crippen LogP contribution in [0.5, 0.6) is 5.75 Å². The van der Waals surface area contributed by atoms with Gasteiger partial charge in [0.15, 0.2) is 11.3 Å². The minimum atomic E-state index is -0.421. The summed E-state index contributed by atoms with van der Waals surface area (Å²) in [5.74, 6) is 0.437. The van der Waals surface area contributed by atoms with Crippen LogP contribution in [0.2, 0.25) is 0 Å². The SMILES string of the molecule is CCc1nn2c(Br)ccc(OC)c2c1[N+](=O)[O-]. The topological polar surface area (TPSA) is 69.7 Å². The maximum atomic E-state index is 11.1. The number of aromatic nitrogens is 2. The van der Waals surface area contributed by atoms with Crippen LogP contribution in [-0.2, 0) is 6.42 Å². The smallest absolute Gasteiger partial charge is 0.321 e. The molecular formula is C10H10BrN3O3. The van der Waals surface area contributed by atoms with Crippen LogP contribution >= 0.6 is 15.9 Å². The van der Waals surface area contributed by atoms with Gasteiger partial charge in [0.2, 0.25) is 0 Å². The predicted octanol–water partition coefficient (Wildman–Crippen LogP) is 2.58. The van der Waals surface area contributed by atoms with Gasteiger partial charge in [-0.05, 0) is 34.5 Å². The number of rotatable bonds is 3. The first-order chi connectivity index (χ1) is 8.10. The molecule has 6 nitrogen and oxygen atoms in total. The van der Waals surface area contributed by atoms with Crippen molar-refractivity contribution in [1.82, 2.24) is 9.61 Å². The van der Waals surface area contributed by atoms with Crippen molar-refractivity contribution < 1.29 is 9.66 Å². The number of halogens is 1. The highest BCUT2D eigenvalue weighted by Gasteiger charge is 2.26. The number of ether oxygens (including phenoxy) is 1. The Bertz CT molecular complexity index is 594. The fourth-order valence-corrected chi connectivity index (χ4v) is 2.11. The number of hydrogen-bond donors (Lipinski definition) is 0. The lowest BCUT2D eigenvalue weighted by molar-refractivity contribution is -0.383. The van der Waals surface area contributed by atoms with E-state index < -0.39 is 4.92 Å². The van der Waals surface area contributed by atoms with Crippen LogP contribution in [0.1, 0.15) is 12.6 Å². The summed E-state index contributed by atoms with van der Waals surface area (Å²) in [6.45, 7) is 1.83. The zero-order chi connectivity index (χ0) is 12.6. The van der Waals surface area contributed by atoms with E-state index in [1.165, 1.54) is 11.6 Å². The van der Waals surface area contributed by atoms with E-state index in [2.05, 4.69) is 21.0 Å². The fraction of sp³-hybridized carbons (Fsp3) is 0.300. The molecule has 0 amide bonds. The van der Waals surface area contributed by atoms with Gasteiger partial charge in [-0.2, -0.15) is 5.10 Å². The molecule has 0 saturated heterocycles. The van der Waals surface area contributed by atoms with Crippen molar-refractivity contribution in [3.05, 3.63) is 32.5 Å². The van der Waals surface area contributed by atoms with Gasteiger partial charge in [0.05, 0.1) is 12.0 Å². The van der Waals surface area contributed by atoms with Crippen molar-refractivity contribution in [2.75, 3.05) is 7.11 Å². The quantitative estimate of drug-likeness (QED) is 0.496. The minimum Gasteiger partial charge on any atom is -0.494 e. The molecule has 17 heavy (non-hydrogen) atoms. The van der Waals surface area contributed by atoms with Crippen LogP contribution in [0.4, 0.5) is 5.69 Å². The van der Waals surface area contributed by atoms with Gasteiger partial charge < -0.3 is 4.74 Å². The molecule has 0 spiro atoms. The van der Waals surface area contributed by atoms with Crippen LogP contribution in [0.25, 0.3) is 5.52 Å². The molecule has 2 rings (SSSR count). The molecular weight excluding hydrogens is 290 g/mol.